The van der Waals surface area contributed by atoms with Crippen molar-refractivity contribution in [2.45, 2.75) is 17.3 Å². The van der Waals surface area contributed by atoms with E-state index in [4.69, 9.17) is 4.84 Å². The minimum atomic E-state index is -0.725. The van der Waals surface area contributed by atoms with E-state index in [2.05, 4.69) is 9.97 Å². The molecule has 2 heterocycles. The largest absolute Gasteiger partial charge is 0.346 e. The monoisotopic (exact) mass is 329 g/mol. The highest BCUT2D eigenvalue weighted by molar-refractivity contribution is 8.00. The number of hydroxylamine groups is 2. The Morgan fingerprint density at radius 1 is 1.09 bits per heavy atom. The van der Waals surface area contributed by atoms with Crippen LogP contribution in [0.25, 0.3) is 0 Å². The Morgan fingerprint density at radius 2 is 1.65 bits per heavy atom. The third-order valence-electron chi connectivity index (χ3n) is 3.09. The number of carbonyl (C=O) groups excluding carboxylic acids is 3. The average Bonchev–Trinajstić information content (AvgIpc) is 2.81. The molecular formula is C15H11N3O4S. The van der Waals surface area contributed by atoms with Gasteiger partial charge in [-0.05, 0) is 25.1 Å². The highest BCUT2D eigenvalue weighted by atomic mass is 32.2. The maximum Gasteiger partial charge on any atom is 0.346 e. The number of hydrogen-bond donors (Lipinski definition) is 0. The molecule has 2 aromatic rings. The van der Waals surface area contributed by atoms with E-state index in [-0.39, 0.29) is 11.1 Å². The fraction of sp³-hybridized carbons (Fsp3) is 0.133. The summed E-state index contributed by atoms with van der Waals surface area (Å²) in [6.45, 7) is 1.58. The van der Waals surface area contributed by atoms with E-state index in [0.29, 0.717) is 10.2 Å². The molecule has 0 N–H and O–H groups in total. The van der Waals surface area contributed by atoms with Gasteiger partial charge in [0.15, 0.2) is 5.16 Å². The van der Waals surface area contributed by atoms with Crippen LogP contribution < -0.4 is 0 Å². The van der Waals surface area contributed by atoms with Gasteiger partial charge in [0.1, 0.15) is 5.25 Å². The molecular weight excluding hydrogens is 318 g/mol. The molecule has 116 valence electrons. The fourth-order valence-electron chi connectivity index (χ4n) is 1.97. The fourth-order valence-corrected chi connectivity index (χ4v) is 2.67. The minimum Gasteiger partial charge on any atom is -0.328 e. The first-order chi connectivity index (χ1) is 11.1. The van der Waals surface area contributed by atoms with Crippen LogP contribution in [0.4, 0.5) is 0 Å². The topological polar surface area (TPSA) is 89.5 Å². The maximum atomic E-state index is 12.1. The molecule has 1 aliphatic rings. The molecule has 0 fully saturated rings. The first kappa shape index (κ1) is 15.2. The molecule has 0 saturated heterocycles. The normalized spacial score (nSPS) is 14.6. The Bertz CT molecular complexity index is 746. The quantitative estimate of drug-likeness (QED) is 0.479. The predicted molar refractivity (Wildman–Crippen MR) is 80.4 cm³/mol. The number of fused-ring (bicyclic) bond motifs is 1. The van der Waals surface area contributed by atoms with Gasteiger partial charge < -0.3 is 4.84 Å². The van der Waals surface area contributed by atoms with E-state index in [1.165, 1.54) is 12.1 Å². The number of hydrogen-bond acceptors (Lipinski definition) is 7. The first-order valence-electron chi connectivity index (χ1n) is 6.71. The van der Waals surface area contributed by atoms with Crippen LogP contribution in [-0.2, 0) is 9.63 Å². The lowest BCUT2D eigenvalue weighted by Gasteiger charge is -2.15. The molecule has 0 aliphatic carbocycles. The number of thioether (sulfide) groups is 1. The number of aromatic nitrogens is 2. The van der Waals surface area contributed by atoms with Gasteiger partial charge in [0, 0.05) is 12.4 Å². The lowest BCUT2D eigenvalue weighted by Crippen LogP contribution is -2.35. The molecule has 1 atom stereocenters. The van der Waals surface area contributed by atoms with Gasteiger partial charge in [-0.15, -0.1) is 0 Å². The van der Waals surface area contributed by atoms with Crippen molar-refractivity contribution in [1.82, 2.24) is 15.0 Å². The Balaban J connectivity index is 1.69. The smallest absolute Gasteiger partial charge is 0.328 e. The highest BCUT2D eigenvalue weighted by Gasteiger charge is 2.39. The van der Waals surface area contributed by atoms with Crippen LogP contribution in [0.5, 0.6) is 0 Å². The summed E-state index contributed by atoms with van der Waals surface area (Å²) < 4.78 is 0. The van der Waals surface area contributed by atoms with E-state index >= 15 is 0 Å². The second-order valence-electron chi connectivity index (χ2n) is 4.65. The molecule has 1 aromatic carbocycles. The summed E-state index contributed by atoms with van der Waals surface area (Å²) in [4.78, 5) is 49.3. The van der Waals surface area contributed by atoms with Crippen molar-refractivity contribution in [3.8, 4) is 0 Å². The van der Waals surface area contributed by atoms with Gasteiger partial charge in [-0.2, -0.15) is 0 Å². The van der Waals surface area contributed by atoms with Gasteiger partial charge in [-0.3, -0.25) is 9.59 Å². The number of rotatable bonds is 4. The lowest BCUT2D eigenvalue weighted by molar-refractivity contribution is -0.167. The van der Waals surface area contributed by atoms with Crippen LogP contribution in [0.3, 0.4) is 0 Å². The highest BCUT2D eigenvalue weighted by Crippen LogP contribution is 2.25. The standard InChI is InChI=1S/C15H11N3O4S/c1-9(23-15-16-7-4-8-17-15)14(21)22-18-12(19)10-5-2-3-6-11(10)13(18)20/h2-9H,1H3. The van der Waals surface area contributed by atoms with Crippen molar-refractivity contribution >= 4 is 29.5 Å². The number of amides is 2. The zero-order valence-electron chi connectivity index (χ0n) is 12.0. The van der Waals surface area contributed by atoms with Crippen molar-refractivity contribution in [2.24, 2.45) is 0 Å². The number of imide groups is 1. The summed E-state index contributed by atoms with van der Waals surface area (Å²) in [6.07, 6.45) is 3.11. The molecule has 0 spiro atoms. The number of nitrogens with zero attached hydrogens (tertiary/aromatic N) is 3. The predicted octanol–water partition coefficient (Wildman–Crippen LogP) is 1.71. The van der Waals surface area contributed by atoms with Gasteiger partial charge in [-0.25, -0.2) is 14.8 Å². The Morgan fingerprint density at radius 3 is 2.22 bits per heavy atom. The van der Waals surface area contributed by atoms with Crippen LogP contribution in [0, 0.1) is 0 Å². The van der Waals surface area contributed by atoms with Crippen molar-refractivity contribution in [3.63, 3.8) is 0 Å². The van der Waals surface area contributed by atoms with E-state index in [1.807, 2.05) is 0 Å². The van der Waals surface area contributed by atoms with Gasteiger partial charge in [0.2, 0.25) is 0 Å². The molecule has 23 heavy (non-hydrogen) atoms. The zero-order chi connectivity index (χ0) is 16.4. The molecule has 0 saturated carbocycles. The summed E-state index contributed by atoms with van der Waals surface area (Å²) in [5.41, 5.74) is 0.439. The van der Waals surface area contributed by atoms with E-state index in [0.717, 1.165) is 11.8 Å². The van der Waals surface area contributed by atoms with Crippen molar-refractivity contribution in [3.05, 3.63) is 53.9 Å². The summed E-state index contributed by atoms with van der Waals surface area (Å²) in [5.74, 6) is -2.02. The SMILES string of the molecule is CC(Sc1ncccn1)C(=O)ON1C(=O)c2ccccc2C1=O. The maximum absolute atomic E-state index is 12.1. The minimum absolute atomic E-state index is 0.219. The lowest BCUT2D eigenvalue weighted by atomic mass is 10.1. The van der Waals surface area contributed by atoms with Gasteiger partial charge in [0.25, 0.3) is 11.8 Å². The Kier molecular flexibility index (Phi) is 4.07. The molecule has 1 aliphatic heterocycles. The number of benzene rings is 1. The van der Waals surface area contributed by atoms with Gasteiger partial charge in [0.05, 0.1) is 11.1 Å². The van der Waals surface area contributed by atoms with Crippen LogP contribution in [-0.4, -0.2) is 38.1 Å². The molecule has 7 nitrogen and oxygen atoms in total. The molecule has 1 unspecified atom stereocenters. The average molecular weight is 329 g/mol. The summed E-state index contributed by atoms with van der Waals surface area (Å²) >= 11 is 1.08. The second kappa shape index (κ2) is 6.17. The first-order valence-corrected chi connectivity index (χ1v) is 7.59. The van der Waals surface area contributed by atoms with Crippen LogP contribution in [0.1, 0.15) is 27.6 Å². The van der Waals surface area contributed by atoms with Crippen molar-refractivity contribution in [2.75, 3.05) is 0 Å². The van der Waals surface area contributed by atoms with Gasteiger partial charge >= 0.3 is 5.97 Å². The van der Waals surface area contributed by atoms with Crippen molar-refractivity contribution < 1.29 is 19.2 Å². The van der Waals surface area contributed by atoms with Crippen LogP contribution in [0.15, 0.2) is 47.9 Å². The number of carbonyl (C=O) groups is 3. The summed E-state index contributed by atoms with van der Waals surface area (Å²) in [7, 11) is 0. The van der Waals surface area contributed by atoms with Crippen LogP contribution in [0.2, 0.25) is 0 Å². The molecule has 3 rings (SSSR count). The molecule has 0 radical (unpaired) electrons. The van der Waals surface area contributed by atoms with Gasteiger partial charge in [-0.1, -0.05) is 29.0 Å². The molecule has 1 aromatic heterocycles. The Hall–Kier alpha value is -2.74. The zero-order valence-corrected chi connectivity index (χ0v) is 12.8. The molecule has 0 bridgehead atoms. The van der Waals surface area contributed by atoms with Crippen LogP contribution >= 0.6 is 11.8 Å². The van der Waals surface area contributed by atoms with E-state index < -0.39 is 23.0 Å². The summed E-state index contributed by atoms with van der Waals surface area (Å²) in [5, 5.41) is 0.219. The molecule has 8 heteroatoms. The third-order valence-corrected chi connectivity index (χ3v) is 4.06. The second-order valence-corrected chi connectivity index (χ2v) is 5.96. The third kappa shape index (κ3) is 2.93. The summed E-state index contributed by atoms with van der Waals surface area (Å²) in [6, 6.07) is 7.96. The van der Waals surface area contributed by atoms with E-state index in [1.54, 1.807) is 37.5 Å². The van der Waals surface area contributed by atoms with E-state index in [9.17, 15) is 14.4 Å². The Labute approximate surface area is 135 Å². The van der Waals surface area contributed by atoms with Crippen molar-refractivity contribution in [1.29, 1.82) is 0 Å². The molecule has 2 amide bonds.